The zero-order valence-corrected chi connectivity index (χ0v) is 12.9. The van der Waals surface area contributed by atoms with Crippen LogP contribution in [0.1, 0.15) is 27.2 Å². The molecule has 0 bridgehead atoms. The van der Waals surface area contributed by atoms with Gasteiger partial charge in [0.1, 0.15) is 5.75 Å². The van der Waals surface area contributed by atoms with Crippen LogP contribution in [0.25, 0.3) is 0 Å². The van der Waals surface area contributed by atoms with Gasteiger partial charge in [0, 0.05) is 20.1 Å². The van der Waals surface area contributed by atoms with Crippen molar-refractivity contribution in [3.63, 3.8) is 0 Å². The van der Waals surface area contributed by atoms with Gasteiger partial charge in [-0.15, -0.1) is 0 Å². The lowest BCUT2D eigenvalue weighted by molar-refractivity contribution is -0.125. The Morgan fingerprint density at radius 1 is 1.28 bits per heavy atom. The molecule has 0 radical (unpaired) electrons. The molecule has 0 spiro atoms. The summed E-state index contributed by atoms with van der Waals surface area (Å²) in [7, 11) is -0.229. The molecule has 5 nitrogen and oxygen atoms in total. The zero-order chi connectivity index (χ0) is 14.3. The molecule has 1 unspecified atom stereocenters. The summed E-state index contributed by atoms with van der Waals surface area (Å²) < 4.78 is 23.9. The number of nitrogens with one attached hydrogen (secondary N) is 1. The summed E-state index contributed by atoms with van der Waals surface area (Å²) in [5.41, 5.74) is 0. The summed E-state index contributed by atoms with van der Waals surface area (Å²) in [4.78, 5) is 12.8. The van der Waals surface area contributed by atoms with Gasteiger partial charge in [-0.3, -0.25) is 4.79 Å². The predicted molar refractivity (Wildman–Crippen MR) is 74.3 cm³/mol. The molecule has 0 heterocycles. The van der Waals surface area contributed by atoms with E-state index < -0.39 is 15.6 Å². The first-order valence-electron chi connectivity index (χ1n) is 6.33. The van der Waals surface area contributed by atoms with Gasteiger partial charge in [0.05, 0.1) is 5.75 Å². The maximum absolute atomic E-state index is 11.9. The molecule has 1 atom stereocenters. The summed E-state index contributed by atoms with van der Waals surface area (Å²) >= 11 is 0. The van der Waals surface area contributed by atoms with Crippen LogP contribution in [0.2, 0.25) is 0 Å². The van der Waals surface area contributed by atoms with Gasteiger partial charge < -0.3 is 10.2 Å². The number of carbonyl (C=O) groups is 1. The van der Waals surface area contributed by atoms with Gasteiger partial charge in [-0.1, -0.05) is 20.8 Å². The smallest absolute Gasteiger partial charge is 0.237 e. The van der Waals surface area contributed by atoms with Crippen molar-refractivity contribution in [2.75, 3.05) is 32.1 Å². The molecule has 1 N–H and O–H groups in total. The molecule has 18 heavy (non-hydrogen) atoms. The van der Waals surface area contributed by atoms with Gasteiger partial charge in [-0.25, -0.2) is 8.42 Å². The van der Waals surface area contributed by atoms with Crippen LogP contribution in [0, 0.1) is 5.92 Å². The molecule has 0 fully saturated rings. The van der Waals surface area contributed by atoms with Crippen molar-refractivity contribution in [2.45, 2.75) is 33.2 Å². The van der Waals surface area contributed by atoms with Gasteiger partial charge in [0.15, 0.2) is 9.84 Å². The molecule has 0 aliphatic rings. The monoisotopic (exact) mass is 278 g/mol. The average Bonchev–Trinajstić information content (AvgIpc) is 2.22. The van der Waals surface area contributed by atoms with E-state index >= 15 is 0 Å². The fraction of sp³-hybridized carbons (Fsp3) is 0.917. The van der Waals surface area contributed by atoms with Crippen LogP contribution in [0.15, 0.2) is 0 Å². The molecule has 0 saturated heterocycles. The number of sulfone groups is 1. The Kier molecular flexibility index (Phi) is 7.47. The van der Waals surface area contributed by atoms with Crippen LogP contribution in [0.4, 0.5) is 0 Å². The van der Waals surface area contributed by atoms with Crippen LogP contribution in [0.3, 0.4) is 0 Å². The Bertz CT molecular complexity index is 350. The Hall–Kier alpha value is -0.620. The molecular weight excluding hydrogens is 252 g/mol. The summed E-state index contributed by atoms with van der Waals surface area (Å²) in [6.45, 7) is 6.79. The highest BCUT2D eigenvalue weighted by atomic mass is 32.2. The minimum atomic E-state index is -3.35. The quantitative estimate of drug-likeness (QED) is 0.703. The van der Waals surface area contributed by atoms with Gasteiger partial charge in [0.2, 0.25) is 5.91 Å². The van der Waals surface area contributed by atoms with Crippen molar-refractivity contribution in [2.24, 2.45) is 5.92 Å². The van der Waals surface area contributed by atoms with Gasteiger partial charge in [-0.2, -0.15) is 0 Å². The minimum Gasteiger partial charge on any atom is -0.348 e. The van der Waals surface area contributed by atoms with Gasteiger partial charge in [-0.05, 0) is 18.9 Å². The first-order chi connectivity index (χ1) is 8.19. The number of nitrogens with zero attached hydrogens (tertiary/aromatic N) is 1. The zero-order valence-electron chi connectivity index (χ0n) is 12.1. The lowest BCUT2D eigenvalue weighted by Gasteiger charge is -2.22. The predicted octanol–water partition coefficient (Wildman–Crippen LogP) is 0.514. The largest absolute Gasteiger partial charge is 0.348 e. The number of hydrogen-bond donors (Lipinski definition) is 1. The van der Waals surface area contributed by atoms with Crippen molar-refractivity contribution < 1.29 is 13.2 Å². The van der Waals surface area contributed by atoms with Crippen molar-refractivity contribution in [1.29, 1.82) is 0 Å². The normalized spacial score (nSPS) is 13.7. The molecule has 0 saturated carbocycles. The van der Waals surface area contributed by atoms with Crippen molar-refractivity contribution in [3.8, 4) is 0 Å². The fourth-order valence-electron chi connectivity index (χ4n) is 1.47. The Morgan fingerprint density at radius 3 is 2.22 bits per heavy atom. The number of rotatable bonds is 8. The van der Waals surface area contributed by atoms with E-state index in [1.807, 2.05) is 20.8 Å². The number of hydrogen-bond acceptors (Lipinski definition) is 4. The first-order valence-corrected chi connectivity index (χ1v) is 8.15. The fourth-order valence-corrected chi connectivity index (χ4v) is 3.27. The first kappa shape index (κ1) is 17.4. The third-order valence-corrected chi connectivity index (χ3v) is 4.29. The van der Waals surface area contributed by atoms with Crippen LogP contribution < -0.4 is 5.32 Å². The highest BCUT2D eigenvalue weighted by Gasteiger charge is 2.24. The Morgan fingerprint density at radius 2 is 1.83 bits per heavy atom. The lowest BCUT2D eigenvalue weighted by Crippen LogP contribution is -2.42. The van der Waals surface area contributed by atoms with Crippen molar-refractivity contribution >= 4 is 15.7 Å². The molecule has 0 aromatic carbocycles. The van der Waals surface area contributed by atoms with Gasteiger partial charge in [0.25, 0.3) is 0 Å². The van der Waals surface area contributed by atoms with E-state index in [-0.39, 0.29) is 23.6 Å². The molecule has 0 rings (SSSR count). The number of carbonyl (C=O) groups excluding carboxylic acids is 1. The molecule has 108 valence electrons. The van der Waals surface area contributed by atoms with E-state index in [0.717, 1.165) is 13.0 Å². The summed E-state index contributed by atoms with van der Waals surface area (Å²) in [5, 5.41) is 3.22. The molecule has 6 heteroatoms. The second-order valence-corrected chi connectivity index (χ2v) is 7.26. The summed E-state index contributed by atoms with van der Waals surface area (Å²) in [5.74, 6) is -0.532. The molecule has 0 aromatic rings. The second kappa shape index (κ2) is 7.74. The second-order valence-electron chi connectivity index (χ2n) is 5.15. The van der Waals surface area contributed by atoms with Crippen LogP contribution in [-0.4, -0.2) is 57.4 Å². The third kappa shape index (κ3) is 6.96. The van der Waals surface area contributed by atoms with E-state index in [1.54, 1.807) is 14.1 Å². The van der Waals surface area contributed by atoms with E-state index in [9.17, 15) is 13.2 Å². The highest BCUT2D eigenvalue weighted by molar-refractivity contribution is 7.92. The standard InChI is InChI=1S/C12H26N2O3S/c1-6-7-13-11(10(2)3)8-18(16,17)9-12(15)14(4)5/h10-11,13H,6-9H2,1-5H3. The molecule has 1 amide bonds. The van der Waals surface area contributed by atoms with Crippen LogP contribution >= 0.6 is 0 Å². The topological polar surface area (TPSA) is 66.5 Å². The van der Waals surface area contributed by atoms with Crippen molar-refractivity contribution in [1.82, 2.24) is 10.2 Å². The van der Waals surface area contributed by atoms with Gasteiger partial charge >= 0.3 is 0 Å². The molecule has 0 aliphatic heterocycles. The maximum Gasteiger partial charge on any atom is 0.237 e. The lowest BCUT2D eigenvalue weighted by atomic mass is 10.1. The Balaban J connectivity index is 4.56. The SMILES string of the molecule is CCCNC(CS(=O)(=O)CC(=O)N(C)C)C(C)C. The average molecular weight is 278 g/mol. The van der Waals surface area contributed by atoms with E-state index in [0.29, 0.717) is 0 Å². The summed E-state index contributed by atoms with van der Waals surface area (Å²) in [6, 6.07) is -0.0927. The highest BCUT2D eigenvalue weighted by Crippen LogP contribution is 2.06. The van der Waals surface area contributed by atoms with Crippen LogP contribution in [-0.2, 0) is 14.6 Å². The van der Waals surface area contributed by atoms with Crippen LogP contribution in [0.5, 0.6) is 0 Å². The minimum absolute atomic E-state index is 0.0181. The molecule has 0 aromatic heterocycles. The third-order valence-electron chi connectivity index (χ3n) is 2.74. The van der Waals surface area contributed by atoms with E-state index in [1.165, 1.54) is 4.90 Å². The molecular formula is C12H26N2O3S. The van der Waals surface area contributed by atoms with Crippen molar-refractivity contribution in [3.05, 3.63) is 0 Å². The van der Waals surface area contributed by atoms with E-state index in [4.69, 9.17) is 0 Å². The maximum atomic E-state index is 11.9. The van der Waals surface area contributed by atoms with E-state index in [2.05, 4.69) is 5.32 Å². The molecule has 0 aliphatic carbocycles. The Labute approximate surface area is 111 Å². The number of amides is 1. The summed E-state index contributed by atoms with van der Waals surface area (Å²) in [6.07, 6.45) is 0.958.